The van der Waals surface area contributed by atoms with Crippen LogP contribution in [0.15, 0.2) is 12.1 Å². The van der Waals surface area contributed by atoms with Crippen molar-refractivity contribution in [3.05, 3.63) is 23.5 Å². The van der Waals surface area contributed by atoms with Crippen LogP contribution in [-0.2, 0) is 9.31 Å². The molecule has 1 aliphatic heterocycles. The van der Waals surface area contributed by atoms with Gasteiger partial charge in [0.15, 0.2) is 0 Å². The van der Waals surface area contributed by atoms with E-state index in [0.717, 1.165) is 0 Å². The zero-order valence-electron chi connectivity index (χ0n) is 12.5. The average Bonchev–Trinajstić information content (AvgIpc) is 2.57. The first-order valence-electron chi connectivity index (χ1n) is 6.59. The molecule has 1 heterocycles. The van der Waals surface area contributed by atoms with E-state index >= 15 is 0 Å². The lowest BCUT2D eigenvalue weighted by Crippen LogP contribution is -2.41. The van der Waals surface area contributed by atoms with E-state index < -0.39 is 24.1 Å². The number of anilines is 1. The third kappa shape index (κ3) is 2.34. The smallest absolute Gasteiger partial charge is 0.399 e. The van der Waals surface area contributed by atoms with Gasteiger partial charge in [0.25, 0.3) is 0 Å². The number of nitrogens with one attached hydrogen (secondary N) is 2. The quantitative estimate of drug-likeness (QED) is 0.658. The van der Waals surface area contributed by atoms with Gasteiger partial charge < -0.3 is 20.0 Å². The molecule has 0 bridgehead atoms. The van der Waals surface area contributed by atoms with E-state index in [1.165, 1.54) is 12.3 Å². The molecule has 20 heavy (non-hydrogen) atoms. The van der Waals surface area contributed by atoms with Gasteiger partial charge in [0.2, 0.25) is 0 Å². The Morgan fingerprint density at radius 1 is 1.20 bits per heavy atom. The lowest BCUT2D eigenvalue weighted by Gasteiger charge is -2.32. The molecule has 1 aromatic carbocycles. The molecule has 0 radical (unpaired) electrons. The highest BCUT2D eigenvalue weighted by atomic mass is 19.1. The minimum atomic E-state index is -0.760. The van der Waals surface area contributed by atoms with E-state index in [1.807, 2.05) is 27.7 Å². The Kier molecular flexibility index (Phi) is 3.65. The van der Waals surface area contributed by atoms with Gasteiger partial charge in [0.05, 0.1) is 11.2 Å². The second kappa shape index (κ2) is 4.86. The maximum atomic E-state index is 14.2. The van der Waals surface area contributed by atoms with Gasteiger partial charge in [0, 0.05) is 30.0 Å². The summed E-state index contributed by atoms with van der Waals surface area (Å²) >= 11 is 0. The highest BCUT2D eigenvalue weighted by Gasteiger charge is 2.52. The highest BCUT2D eigenvalue weighted by Crippen LogP contribution is 2.36. The van der Waals surface area contributed by atoms with Crippen LogP contribution in [0, 0.1) is 11.2 Å². The Bertz CT molecular complexity index is 530. The molecule has 4 nitrogen and oxygen atoms in total. The maximum Gasteiger partial charge on any atom is 0.497 e. The van der Waals surface area contributed by atoms with Gasteiger partial charge in [-0.25, -0.2) is 4.39 Å². The van der Waals surface area contributed by atoms with Crippen LogP contribution in [0.2, 0.25) is 0 Å². The molecular weight excluding hydrogens is 258 g/mol. The van der Waals surface area contributed by atoms with Gasteiger partial charge in [-0.2, -0.15) is 0 Å². The van der Waals surface area contributed by atoms with E-state index in [1.54, 1.807) is 13.1 Å². The molecule has 0 spiro atoms. The van der Waals surface area contributed by atoms with E-state index in [0.29, 0.717) is 16.7 Å². The van der Waals surface area contributed by atoms with Crippen LogP contribution >= 0.6 is 0 Å². The second-order valence-electron chi connectivity index (χ2n) is 5.94. The van der Waals surface area contributed by atoms with Crippen molar-refractivity contribution >= 4 is 24.5 Å². The summed E-state index contributed by atoms with van der Waals surface area (Å²) in [6.07, 6.45) is 1.18. The Hall–Kier alpha value is -1.40. The molecule has 2 N–H and O–H groups in total. The van der Waals surface area contributed by atoms with Gasteiger partial charge in [0.1, 0.15) is 5.82 Å². The van der Waals surface area contributed by atoms with Crippen molar-refractivity contribution in [2.24, 2.45) is 0 Å². The minimum Gasteiger partial charge on any atom is -0.399 e. The summed E-state index contributed by atoms with van der Waals surface area (Å²) in [5, 5.41) is 10.3. The van der Waals surface area contributed by atoms with E-state index in [2.05, 4.69) is 5.32 Å². The van der Waals surface area contributed by atoms with Gasteiger partial charge in [-0.15, -0.1) is 0 Å². The number of rotatable bonds is 3. The number of hydrogen-bond donors (Lipinski definition) is 2. The van der Waals surface area contributed by atoms with Crippen LogP contribution in [0.5, 0.6) is 0 Å². The van der Waals surface area contributed by atoms with Crippen molar-refractivity contribution in [1.29, 1.82) is 5.41 Å². The Morgan fingerprint density at radius 2 is 1.75 bits per heavy atom. The van der Waals surface area contributed by atoms with Crippen LogP contribution in [-0.4, -0.2) is 31.6 Å². The lowest BCUT2D eigenvalue weighted by molar-refractivity contribution is 0.00578. The zero-order chi connectivity index (χ0) is 15.1. The summed E-state index contributed by atoms with van der Waals surface area (Å²) < 4.78 is 25.9. The summed E-state index contributed by atoms with van der Waals surface area (Å²) in [7, 11) is 0.931. The third-order valence-corrected chi connectivity index (χ3v) is 4.10. The SMILES string of the molecule is CNc1cc(F)c(B2OC(C)(C)C(C)(C)O2)cc1C=N. The van der Waals surface area contributed by atoms with E-state index in [-0.39, 0.29) is 0 Å². The van der Waals surface area contributed by atoms with Crippen molar-refractivity contribution in [3.63, 3.8) is 0 Å². The first-order chi connectivity index (χ1) is 9.21. The molecular formula is C14H20BFN2O2. The van der Waals surface area contributed by atoms with Gasteiger partial charge >= 0.3 is 7.12 Å². The fourth-order valence-corrected chi connectivity index (χ4v) is 2.09. The van der Waals surface area contributed by atoms with Crippen molar-refractivity contribution in [2.75, 3.05) is 12.4 Å². The second-order valence-corrected chi connectivity index (χ2v) is 5.94. The van der Waals surface area contributed by atoms with Gasteiger partial charge in [-0.3, -0.25) is 0 Å². The molecule has 1 fully saturated rings. The number of halogens is 1. The van der Waals surface area contributed by atoms with Crippen LogP contribution < -0.4 is 10.8 Å². The standard InChI is InChI=1S/C14H20BFN2O2/c1-13(2)14(3,4)20-15(19-13)10-6-9(8-17)12(18-5)7-11(10)16/h6-8,17-18H,1-5H3. The Labute approximate surface area is 119 Å². The maximum absolute atomic E-state index is 14.2. The molecule has 108 valence electrons. The van der Waals surface area contributed by atoms with Crippen LogP contribution in [0.3, 0.4) is 0 Å². The molecule has 2 rings (SSSR count). The van der Waals surface area contributed by atoms with Crippen LogP contribution in [0.1, 0.15) is 33.3 Å². The lowest BCUT2D eigenvalue weighted by atomic mass is 9.77. The van der Waals surface area contributed by atoms with E-state index in [9.17, 15) is 4.39 Å². The molecule has 0 aromatic heterocycles. The van der Waals surface area contributed by atoms with Crippen molar-refractivity contribution in [3.8, 4) is 0 Å². The molecule has 0 aliphatic carbocycles. The fraction of sp³-hybridized carbons (Fsp3) is 0.500. The summed E-state index contributed by atoms with van der Waals surface area (Å²) in [6, 6.07) is 2.96. The largest absolute Gasteiger partial charge is 0.497 e. The molecule has 0 atom stereocenters. The molecule has 1 aromatic rings. The summed E-state index contributed by atoms with van der Waals surface area (Å²) in [5.41, 5.74) is 0.449. The topological polar surface area (TPSA) is 54.3 Å². The molecule has 0 unspecified atom stereocenters. The van der Waals surface area contributed by atoms with Crippen molar-refractivity contribution < 1.29 is 13.7 Å². The molecule has 1 aliphatic rings. The van der Waals surface area contributed by atoms with Crippen LogP contribution in [0.25, 0.3) is 0 Å². The van der Waals surface area contributed by atoms with Gasteiger partial charge in [-0.1, -0.05) is 0 Å². The summed E-state index contributed by atoms with van der Waals surface area (Å²) in [4.78, 5) is 0. The highest BCUT2D eigenvalue weighted by molar-refractivity contribution is 6.62. The monoisotopic (exact) mass is 278 g/mol. The van der Waals surface area contributed by atoms with Crippen molar-refractivity contribution in [1.82, 2.24) is 0 Å². The zero-order valence-corrected chi connectivity index (χ0v) is 12.5. The van der Waals surface area contributed by atoms with Crippen LogP contribution in [0.4, 0.5) is 10.1 Å². The predicted molar refractivity (Wildman–Crippen MR) is 79.5 cm³/mol. The van der Waals surface area contributed by atoms with Crippen molar-refractivity contribution in [2.45, 2.75) is 38.9 Å². The molecule has 0 saturated carbocycles. The predicted octanol–water partition coefficient (Wildman–Crippen LogP) is 2.16. The first kappa shape index (κ1) is 15.0. The normalized spacial score (nSPS) is 20.0. The van der Waals surface area contributed by atoms with E-state index in [4.69, 9.17) is 14.7 Å². The number of benzene rings is 1. The molecule has 6 heteroatoms. The summed E-state index contributed by atoms with van der Waals surface area (Å²) in [5.74, 6) is -0.404. The Balaban J connectivity index is 2.42. The molecule has 0 amide bonds. The minimum absolute atomic E-state index is 0.321. The number of hydrogen-bond acceptors (Lipinski definition) is 4. The average molecular weight is 278 g/mol. The summed E-state index contributed by atoms with van der Waals surface area (Å²) in [6.45, 7) is 7.68. The first-order valence-corrected chi connectivity index (χ1v) is 6.59. The Morgan fingerprint density at radius 3 is 2.20 bits per heavy atom. The van der Waals surface area contributed by atoms with Gasteiger partial charge in [-0.05, 0) is 39.8 Å². The third-order valence-electron chi connectivity index (χ3n) is 4.10. The fourth-order valence-electron chi connectivity index (χ4n) is 2.09. The molecule has 1 saturated heterocycles.